The molecule has 0 bridgehead atoms. The summed E-state index contributed by atoms with van der Waals surface area (Å²) in [5.74, 6) is -0.614. The second-order valence-electron chi connectivity index (χ2n) is 11.4. The van der Waals surface area contributed by atoms with Gasteiger partial charge in [0.15, 0.2) is 0 Å². The van der Waals surface area contributed by atoms with Crippen molar-refractivity contribution in [1.82, 2.24) is 19.4 Å². The number of H-pyrrole nitrogens is 1. The van der Waals surface area contributed by atoms with E-state index in [-0.39, 0.29) is 16.7 Å². The standard InChI is InChI=1S/C35H30F2N4O2/c1-40-15-12-23(13-16-40)21-6-8-22(9-7-21)25-18-24-14-17-41(35(43)32(24)28(37)19-25)33(27-20-26(36)10-11-31(27)42)34-38-29-4-2-3-5-30(29)39-34/h2-11,14,17-20,23,33,42H,12-13,15-16H2,1H3,(H,38,39). The lowest BCUT2D eigenvalue weighted by Gasteiger charge is -2.29. The molecule has 3 heterocycles. The Morgan fingerprint density at radius 1 is 0.930 bits per heavy atom. The molecule has 1 fully saturated rings. The second-order valence-corrected chi connectivity index (χ2v) is 11.4. The van der Waals surface area contributed by atoms with Gasteiger partial charge in [0.25, 0.3) is 5.56 Å². The van der Waals surface area contributed by atoms with Gasteiger partial charge in [-0.1, -0.05) is 36.4 Å². The Balaban J connectivity index is 1.31. The van der Waals surface area contributed by atoms with Crippen molar-refractivity contribution < 1.29 is 13.9 Å². The zero-order chi connectivity index (χ0) is 29.7. The number of piperidine rings is 1. The number of hydrogen-bond donors (Lipinski definition) is 2. The highest BCUT2D eigenvalue weighted by atomic mass is 19.1. The first kappa shape index (κ1) is 27.0. The molecule has 1 atom stereocenters. The van der Waals surface area contributed by atoms with Gasteiger partial charge in [-0.2, -0.15) is 0 Å². The summed E-state index contributed by atoms with van der Waals surface area (Å²) < 4.78 is 31.5. The molecular formula is C35H30F2N4O2. The van der Waals surface area contributed by atoms with Gasteiger partial charge in [0.2, 0.25) is 0 Å². The van der Waals surface area contributed by atoms with E-state index in [0.29, 0.717) is 33.7 Å². The first-order valence-corrected chi connectivity index (χ1v) is 14.4. The van der Waals surface area contributed by atoms with Crippen LogP contribution in [0, 0.1) is 11.6 Å². The van der Waals surface area contributed by atoms with Gasteiger partial charge in [-0.05, 0) is 110 Å². The van der Waals surface area contributed by atoms with Gasteiger partial charge in [0, 0.05) is 11.8 Å². The molecule has 0 spiro atoms. The summed E-state index contributed by atoms with van der Waals surface area (Å²) in [4.78, 5) is 24.1. The van der Waals surface area contributed by atoms with Crippen molar-refractivity contribution >= 4 is 21.8 Å². The van der Waals surface area contributed by atoms with Crippen LogP contribution in [-0.4, -0.2) is 44.7 Å². The number of fused-ring (bicyclic) bond motifs is 2. The predicted molar refractivity (Wildman–Crippen MR) is 164 cm³/mol. The molecule has 1 saturated heterocycles. The van der Waals surface area contributed by atoms with E-state index in [1.807, 2.05) is 42.5 Å². The quantitative estimate of drug-likeness (QED) is 0.232. The van der Waals surface area contributed by atoms with Crippen LogP contribution >= 0.6 is 0 Å². The number of aromatic amines is 1. The van der Waals surface area contributed by atoms with Crippen molar-refractivity contribution in [2.45, 2.75) is 24.8 Å². The first-order chi connectivity index (χ1) is 20.9. The van der Waals surface area contributed by atoms with Crippen LogP contribution < -0.4 is 5.56 Å². The monoisotopic (exact) mass is 576 g/mol. The summed E-state index contributed by atoms with van der Waals surface area (Å²) in [6.07, 6.45) is 3.78. The third-order valence-electron chi connectivity index (χ3n) is 8.65. The number of pyridine rings is 1. The lowest BCUT2D eigenvalue weighted by molar-refractivity contribution is 0.255. The van der Waals surface area contributed by atoms with E-state index in [2.05, 4.69) is 34.0 Å². The molecule has 8 heteroatoms. The minimum absolute atomic E-state index is 0.0915. The number of likely N-dealkylation sites (tertiary alicyclic amines) is 1. The fourth-order valence-electron chi connectivity index (χ4n) is 6.28. The number of para-hydroxylation sites is 2. The molecule has 0 radical (unpaired) electrons. The predicted octanol–water partition coefficient (Wildman–Crippen LogP) is 6.98. The molecule has 2 aromatic heterocycles. The van der Waals surface area contributed by atoms with E-state index in [1.54, 1.807) is 12.3 Å². The number of aromatic hydroxyl groups is 1. The number of nitrogens with one attached hydrogen (secondary N) is 1. The maximum atomic E-state index is 15.8. The molecule has 43 heavy (non-hydrogen) atoms. The molecule has 216 valence electrons. The number of imidazole rings is 1. The van der Waals surface area contributed by atoms with E-state index >= 15 is 4.39 Å². The molecule has 0 aliphatic carbocycles. The van der Waals surface area contributed by atoms with Crippen LogP contribution in [0.3, 0.4) is 0 Å². The van der Waals surface area contributed by atoms with Crippen LogP contribution in [0.4, 0.5) is 8.78 Å². The van der Waals surface area contributed by atoms with Crippen molar-refractivity contribution in [1.29, 1.82) is 0 Å². The van der Waals surface area contributed by atoms with Crippen LogP contribution in [0.1, 0.15) is 41.8 Å². The van der Waals surface area contributed by atoms with Crippen molar-refractivity contribution in [3.05, 3.63) is 130 Å². The van der Waals surface area contributed by atoms with Crippen LogP contribution in [-0.2, 0) is 0 Å². The number of halogens is 2. The summed E-state index contributed by atoms with van der Waals surface area (Å²) >= 11 is 0. The normalized spacial score (nSPS) is 15.3. The third kappa shape index (κ3) is 4.97. The summed E-state index contributed by atoms with van der Waals surface area (Å²) in [5, 5.41) is 11.1. The molecule has 6 aromatic rings. The average Bonchev–Trinajstić information content (AvgIpc) is 3.44. The SMILES string of the molecule is CN1CCC(c2ccc(-c3cc(F)c4c(=O)n(C(c5nc6ccccc6[nH]5)c5cc(F)ccc5O)ccc4c3)cc2)CC1. The number of phenolic OH excluding ortho intramolecular Hbond substituents is 1. The minimum atomic E-state index is -1.04. The number of rotatable bonds is 5. The summed E-state index contributed by atoms with van der Waals surface area (Å²) in [6.45, 7) is 2.16. The Kier molecular flexibility index (Phi) is 6.78. The Hall–Kier alpha value is -4.82. The topological polar surface area (TPSA) is 74.2 Å². The van der Waals surface area contributed by atoms with Crippen molar-refractivity contribution in [2.75, 3.05) is 20.1 Å². The average molecular weight is 577 g/mol. The van der Waals surface area contributed by atoms with Crippen LogP contribution in [0.25, 0.3) is 32.9 Å². The molecular weight excluding hydrogens is 546 g/mol. The van der Waals surface area contributed by atoms with E-state index in [0.717, 1.165) is 37.6 Å². The van der Waals surface area contributed by atoms with E-state index in [1.165, 1.54) is 28.3 Å². The van der Waals surface area contributed by atoms with Gasteiger partial charge in [0.05, 0.1) is 16.4 Å². The maximum Gasteiger partial charge on any atom is 0.262 e. The van der Waals surface area contributed by atoms with Gasteiger partial charge in [0.1, 0.15) is 29.3 Å². The maximum absolute atomic E-state index is 15.8. The molecule has 2 N–H and O–H groups in total. The number of nitrogens with zero attached hydrogens (tertiary/aromatic N) is 3. The molecule has 1 aliphatic rings. The number of hydrogen-bond acceptors (Lipinski definition) is 4. The number of aromatic nitrogens is 3. The molecule has 0 amide bonds. The Morgan fingerprint density at radius 3 is 2.47 bits per heavy atom. The largest absolute Gasteiger partial charge is 0.508 e. The van der Waals surface area contributed by atoms with Gasteiger partial charge in [-0.25, -0.2) is 13.8 Å². The number of benzene rings is 4. The van der Waals surface area contributed by atoms with Gasteiger partial charge in [-0.15, -0.1) is 0 Å². The summed E-state index contributed by atoms with van der Waals surface area (Å²) in [7, 11) is 2.15. The lowest BCUT2D eigenvalue weighted by Crippen LogP contribution is -2.29. The highest BCUT2D eigenvalue weighted by Crippen LogP contribution is 2.34. The van der Waals surface area contributed by atoms with Crippen LogP contribution in [0.15, 0.2) is 95.9 Å². The minimum Gasteiger partial charge on any atom is -0.508 e. The zero-order valence-corrected chi connectivity index (χ0v) is 23.6. The van der Waals surface area contributed by atoms with E-state index < -0.39 is 23.2 Å². The number of phenols is 1. The smallest absolute Gasteiger partial charge is 0.262 e. The third-order valence-corrected chi connectivity index (χ3v) is 8.65. The summed E-state index contributed by atoms with van der Waals surface area (Å²) in [5.41, 5.74) is 3.70. The van der Waals surface area contributed by atoms with E-state index in [9.17, 15) is 14.3 Å². The second kappa shape index (κ2) is 10.8. The van der Waals surface area contributed by atoms with Crippen molar-refractivity contribution in [3.63, 3.8) is 0 Å². The van der Waals surface area contributed by atoms with Crippen molar-refractivity contribution in [2.24, 2.45) is 0 Å². The molecule has 6 nitrogen and oxygen atoms in total. The van der Waals surface area contributed by atoms with Crippen LogP contribution in [0.2, 0.25) is 0 Å². The molecule has 4 aromatic carbocycles. The first-order valence-electron chi connectivity index (χ1n) is 14.4. The van der Waals surface area contributed by atoms with Gasteiger partial charge in [-0.3, -0.25) is 9.36 Å². The summed E-state index contributed by atoms with van der Waals surface area (Å²) in [6, 6.07) is 22.9. The molecule has 0 saturated carbocycles. The Bertz CT molecular complexity index is 1990. The van der Waals surface area contributed by atoms with Crippen LogP contribution in [0.5, 0.6) is 5.75 Å². The van der Waals surface area contributed by atoms with Gasteiger partial charge >= 0.3 is 0 Å². The Labute approximate surface area is 246 Å². The highest BCUT2D eigenvalue weighted by molar-refractivity contribution is 5.87. The van der Waals surface area contributed by atoms with Crippen molar-refractivity contribution in [3.8, 4) is 16.9 Å². The van der Waals surface area contributed by atoms with E-state index in [4.69, 9.17) is 0 Å². The highest BCUT2D eigenvalue weighted by Gasteiger charge is 2.26. The molecule has 1 unspecified atom stereocenters. The fraction of sp³-hybridized carbons (Fsp3) is 0.200. The Morgan fingerprint density at radius 2 is 1.70 bits per heavy atom. The molecule has 1 aliphatic heterocycles. The zero-order valence-electron chi connectivity index (χ0n) is 23.6. The molecule has 7 rings (SSSR count). The lowest BCUT2D eigenvalue weighted by atomic mass is 9.88. The van der Waals surface area contributed by atoms with Gasteiger partial charge < -0.3 is 15.0 Å². The fourth-order valence-corrected chi connectivity index (χ4v) is 6.28.